The topological polar surface area (TPSA) is 222 Å². The number of carbonyl (C=O) groups excluding carboxylic acids is 4. The van der Waals surface area contributed by atoms with E-state index in [1.807, 2.05) is 0 Å². The lowest BCUT2D eigenvalue weighted by atomic mass is 9.54. The normalized spacial score (nSPS) is 22.4. The van der Waals surface area contributed by atoms with E-state index in [1.165, 1.54) is 7.11 Å². The molecular formula is C28H35N3O10S. The van der Waals surface area contributed by atoms with Gasteiger partial charge in [0.25, 0.3) is 0 Å². The van der Waals surface area contributed by atoms with E-state index >= 15 is 0 Å². The summed E-state index contributed by atoms with van der Waals surface area (Å²) < 4.78 is 5.39. The number of nitrogens with two attached hydrogens (primary N) is 1. The monoisotopic (exact) mass is 605 g/mol. The summed E-state index contributed by atoms with van der Waals surface area (Å²) in [6.07, 6.45) is -0.493. The molecular weight excluding hydrogens is 570 g/mol. The van der Waals surface area contributed by atoms with Crippen molar-refractivity contribution in [3.63, 3.8) is 0 Å². The van der Waals surface area contributed by atoms with Gasteiger partial charge in [0.2, 0.25) is 17.6 Å². The van der Waals surface area contributed by atoms with Gasteiger partial charge < -0.3 is 36.4 Å². The third-order valence-corrected chi connectivity index (χ3v) is 9.43. The highest BCUT2D eigenvalue weighted by Gasteiger charge is 2.58. The maximum Gasteiger partial charge on any atom is 0.322 e. The fourth-order valence-electron chi connectivity index (χ4n) is 5.53. The van der Waals surface area contributed by atoms with Crippen LogP contribution in [0, 0.1) is 5.41 Å². The van der Waals surface area contributed by atoms with Gasteiger partial charge in [-0.15, -0.1) is 0 Å². The molecule has 0 spiro atoms. The summed E-state index contributed by atoms with van der Waals surface area (Å²) in [6.45, 7) is 4.38. The van der Waals surface area contributed by atoms with Gasteiger partial charge >= 0.3 is 11.9 Å². The Morgan fingerprint density at radius 1 is 1.17 bits per heavy atom. The first-order chi connectivity index (χ1) is 19.5. The van der Waals surface area contributed by atoms with Gasteiger partial charge in [-0.05, 0) is 44.0 Å². The molecule has 1 aromatic carbocycles. The first-order valence-electron chi connectivity index (χ1n) is 13.1. The fourth-order valence-corrected chi connectivity index (χ4v) is 7.04. The number of aliphatic carboxylic acids is 2. The number of carboxylic acids is 2. The average molecular weight is 606 g/mol. The van der Waals surface area contributed by atoms with Crippen molar-refractivity contribution in [3.8, 4) is 5.75 Å². The average Bonchev–Trinajstić information content (AvgIpc) is 2.93. The number of amides is 2. The molecule has 1 fully saturated rings. The van der Waals surface area contributed by atoms with Crippen molar-refractivity contribution >= 4 is 47.1 Å². The predicted octanol–water partition coefficient (Wildman–Crippen LogP) is 0.940. The van der Waals surface area contributed by atoms with Crippen LogP contribution in [0.25, 0.3) is 0 Å². The summed E-state index contributed by atoms with van der Waals surface area (Å²) in [5.41, 5.74) is 4.22. The molecule has 1 aromatic rings. The molecule has 228 valence electrons. The van der Waals surface area contributed by atoms with E-state index in [9.17, 15) is 33.9 Å². The maximum atomic E-state index is 13.4. The lowest BCUT2D eigenvalue weighted by molar-refractivity contribution is -0.139. The van der Waals surface area contributed by atoms with Crippen molar-refractivity contribution in [2.24, 2.45) is 11.1 Å². The third kappa shape index (κ3) is 6.28. The Balaban J connectivity index is 1.97. The predicted molar refractivity (Wildman–Crippen MR) is 151 cm³/mol. The number of thioether (sulfide) groups is 1. The summed E-state index contributed by atoms with van der Waals surface area (Å²) >= 11 is 1.15. The molecule has 0 bridgehead atoms. The molecule has 0 saturated heterocycles. The number of aliphatic hydroxyl groups is 1. The first kappa shape index (κ1) is 32.6. The maximum absolute atomic E-state index is 13.4. The molecule has 2 aliphatic rings. The van der Waals surface area contributed by atoms with Crippen molar-refractivity contribution in [2.45, 2.75) is 62.8 Å². The number of hydrogen-bond donors (Lipinski definition) is 6. The minimum Gasteiger partial charge on any atom is -0.504 e. The number of ether oxygens (including phenoxy) is 1. The lowest BCUT2D eigenvalue weighted by Crippen LogP contribution is -2.55. The Morgan fingerprint density at radius 3 is 2.43 bits per heavy atom. The molecule has 2 amide bonds. The number of carboxylic acid groups (broad SMARTS) is 2. The third-order valence-electron chi connectivity index (χ3n) is 7.87. The molecule has 0 heterocycles. The minimum absolute atomic E-state index is 0.000658. The van der Waals surface area contributed by atoms with E-state index in [2.05, 4.69) is 10.6 Å². The van der Waals surface area contributed by atoms with Crippen LogP contribution in [-0.4, -0.2) is 87.4 Å². The van der Waals surface area contributed by atoms with Crippen LogP contribution in [0.3, 0.4) is 0 Å². The first-order valence-corrected chi connectivity index (χ1v) is 14.2. The number of methoxy groups -OCH3 is 1. The van der Waals surface area contributed by atoms with Crippen LogP contribution in [0.1, 0.15) is 56.0 Å². The summed E-state index contributed by atoms with van der Waals surface area (Å²) in [4.78, 5) is 74.1. The Hall–Kier alpha value is -3.91. The van der Waals surface area contributed by atoms with Crippen LogP contribution in [-0.2, 0) is 29.4 Å². The molecule has 2 aliphatic carbocycles. The Labute approximate surface area is 246 Å². The second-order valence-electron chi connectivity index (χ2n) is 11.0. The number of ketones is 2. The number of aliphatic hydroxyl groups excluding tert-OH is 1. The standard InChI is InChI=1S/C28H35N3O10S/c1-27(2)18(32)10-19(28(3)15-9-13(41-4)5-6-14(15)22(36)23(37)24(27)28)42-12-17(25(38)30-11-21(34)35)31-20(33)8-7-16(29)26(39)40/h5-6,9,16-17,19,37H,7-8,10-12,29H2,1-4H3,(H,30,38)(H,31,33)(H,34,35)(H,39,40). The molecule has 0 aliphatic heterocycles. The fraction of sp³-hybridized carbons (Fsp3) is 0.500. The van der Waals surface area contributed by atoms with Crippen LogP contribution in [0.2, 0.25) is 0 Å². The highest BCUT2D eigenvalue weighted by molar-refractivity contribution is 8.00. The molecule has 13 nitrogen and oxygen atoms in total. The lowest BCUT2D eigenvalue weighted by Gasteiger charge is -2.52. The van der Waals surface area contributed by atoms with E-state index in [0.29, 0.717) is 11.3 Å². The zero-order valence-corrected chi connectivity index (χ0v) is 24.5. The quantitative estimate of drug-likeness (QED) is 0.196. The number of hydrogen-bond acceptors (Lipinski definition) is 10. The zero-order chi connectivity index (χ0) is 31.6. The molecule has 0 aromatic heterocycles. The van der Waals surface area contributed by atoms with Crippen molar-refractivity contribution in [2.75, 3.05) is 19.4 Å². The van der Waals surface area contributed by atoms with E-state index in [0.717, 1.165) is 11.8 Å². The summed E-state index contributed by atoms with van der Waals surface area (Å²) in [5, 5.41) is 33.2. The van der Waals surface area contributed by atoms with Crippen LogP contribution in [0.15, 0.2) is 29.5 Å². The van der Waals surface area contributed by atoms with E-state index in [1.54, 1.807) is 39.0 Å². The Morgan fingerprint density at radius 2 is 1.83 bits per heavy atom. The van der Waals surface area contributed by atoms with Crippen LogP contribution < -0.4 is 21.1 Å². The highest BCUT2D eigenvalue weighted by atomic mass is 32.2. The molecule has 4 atom stereocenters. The highest BCUT2D eigenvalue weighted by Crippen LogP contribution is 2.58. The molecule has 14 heteroatoms. The van der Waals surface area contributed by atoms with Gasteiger partial charge in [0.05, 0.1) is 7.11 Å². The smallest absolute Gasteiger partial charge is 0.322 e. The van der Waals surface area contributed by atoms with Gasteiger partial charge in [0.15, 0.2) is 5.76 Å². The SMILES string of the molecule is COc1ccc2c(c1)C1(C)C(=C(O)C2=O)C(C)(C)C(=O)CC1SCC(NC(=O)CCC(N)C(=O)O)C(=O)NCC(=O)O. The van der Waals surface area contributed by atoms with Crippen LogP contribution >= 0.6 is 11.8 Å². The van der Waals surface area contributed by atoms with Gasteiger partial charge in [-0.3, -0.25) is 28.8 Å². The number of fused-ring (bicyclic) bond motifs is 3. The van der Waals surface area contributed by atoms with Crippen LogP contribution in [0.5, 0.6) is 5.75 Å². The second kappa shape index (κ2) is 12.5. The van der Waals surface area contributed by atoms with Crippen molar-refractivity contribution in [1.82, 2.24) is 10.6 Å². The minimum atomic E-state index is -1.30. The molecule has 4 unspecified atom stereocenters. The number of carbonyl (C=O) groups is 6. The second-order valence-corrected chi connectivity index (χ2v) is 12.2. The Bertz CT molecular complexity index is 1360. The van der Waals surface area contributed by atoms with Crippen molar-refractivity contribution < 1.29 is 48.8 Å². The van der Waals surface area contributed by atoms with Crippen molar-refractivity contribution in [1.29, 1.82) is 0 Å². The summed E-state index contributed by atoms with van der Waals surface area (Å²) in [5.74, 6) is -5.10. The number of benzene rings is 1. The molecule has 1 saturated carbocycles. The largest absolute Gasteiger partial charge is 0.504 e. The van der Waals surface area contributed by atoms with E-state index < -0.39 is 70.0 Å². The summed E-state index contributed by atoms with van der Waals surface area (Å²) in [6, 6.07) is 2.28. The number of allylic oxidation sites excluding steroid dienone is 2. The molecule has 7 N–H and O–H groups in total. The van der Waals surface area contributed by atoms with Crippen LogP contribution in [0.4, 0.5) is 0 Å². The Kier molecular flexibility index (Phi) is 9.73. The van der Waals surface area contributed by atoms with Gasteiger partial charge in [0.1, 0.15) is 30.2 Å². The van der Waals surface area contributed by atoms with E-state index in [4.69, 9.17) is 20.7 Å². The molecule has 42 heavy (non-hydrogen) atoms. The van der Waals surface area contributed by atoms with Gasteiger partial charge in [0, 0.05) is 45.8 Å². The number of nitrogens with one attached hydrogen (secondary N) is 2. The number of Topliss-reactive ketones (excluding diaryl/α,β-unsaturated/α-hetero) is 2. The van der Waals surface area contributed by atoms with Gasteiger partial charge in [-0.2, -0.15) is 11.8 Å². The summed E-state index contributed by atoms with van der Waals surface area (Å²) in [7, 11) is 1.47. The van der Waals surface area contributed by atoms with Gasteiger partial charge in [-0.1, -0.05) is 6.92 Å². The van der Waals surface area contributed by atoms with E-state index in [-0.39, 0.29) is 41.9 Å². The molecule has 3 rings (SSSR count). The van der Waals surface area contributed by atoms with Gasteiger partial charge in [-0.25, -0.2) is 0 Å². The zero-order valence-electron chi connectivity index (χ0n) is 23.7. The number of rotatable bonds is 12. The van der Waals surface area contributed by atoms with Crippen molar-refractivity contribution in [3.05, 3.63) is 40.7 Å². The molecule has 0 radical (unpaired) electrons.